The van der Waals surface area contributed by atoms with E-state index in [-0.39, 0.29) is 0 Å². The topological polar surface area (TPSA) is 41.9 Å². The Morgan fingerprint density at radius 1 is 1.00 bits per heavy atom. The van der Waals surface area contributed by atoms with Crippen LogP contribution in [0.25, 0.3) is 0 Å². The van der Waals surface area contributed by atoms with Gasteiger partial charge in [-0.2, -0.15) is 0 Å². The van der Waals surface area contributed by atoms with Crippen molar-refractivity contribution >= 4 is 0 Å². The van der Waals surface area contributed by atoms with Crippen LogP contribution >= 0.6 is 0 Å². The molecule has 1 atom stereocenters. The van der Waals surface area contributed by atoms with Crippen LogP contribution in [0.3, 0.4) is 0 Å². The predicted octanol–water partition coefficient (Wildman–Crippen LogP) is 3.44. The first-order valence-electron chi connectivity index (χ1n) is 9.36. The summed E-state index contributed by atoms with van der Waals surface area (Å²) in [5, 5.41) is 10.1. The van der Waals surface area contributed by atoms with E-state index in [0.29, 0.717) is 25.7 Å². The van der Waals surface area contributed by atoms with Gasteiger partial charge in [0.2, 0.25) is 0 Å². The molecule has 0 saturated carbocycles. The standard InChI is InChI=1S/C20H33NO3/c1-17(2)18-7-9-20(10-8-18)24-14-13-23-16-19(22)15-21-11-5-3-4-6-12-21/h7-10,17,19,22H,3-6,11-16H2,1-2H3/t19-/m1/s1. The van der Waals surface area contributed by atoms with Crippen LogP contribution in [0, 0.1) is 0 Å². The van der Waals surface area contributed by atoms with Gasteiger partial charge in [0.15, 0.2) is 0 Å². The fraction of sp³-hybridized carbons (Fsp3) is 0.700. The molecule has 136 valence electrons. The van der Waals surface area contributed by atoms with Crippen molar-refractivity contribution in [1.82, 2.24) is 4.90 Å². The molecule has 0 bridgehead atoms. The fourth-order valence-corrected chi connectivity index (χ4v) is 3.06. The number of ether oxygens (including phenoxy) is 2. The lowest BCUT2D eigenvalue weighted by molar-refractivity contribution is 0.00836. The van der Waals surface area contributed by atoms with E-state index in [9.17, 15) is 5.11 Å². The summed E-state index contributed by atoms with van der Waals surface area (Å²) >= 11 is 0. The van der Waals surface area contributed by atoms with Crippen LogP contribution in [0.5, 0.6) is 5.75 Å². The molecule has 0 radical (unpaired) electrons. The van der Waals surface area contributed by atoms with Gasteiger partial charge in [0, 0.05) is 6.54 Å². The van der Waals surface area contributed by atoms with E-state index < -0.39 is 6.10 Å². The van der Waals surface area contributed by atoms with Crippen molar-refractivity contribution in [2.45, 2.75) is 51.6 Å². The molecule has 1 heterocycles. The van der Waals surface area contributed by atoms with Crippen LogP contribution in [0.4, 0.5) is 0 Å². The highest BCUT2D eigenvalue weighted by molar-refractivity contribution is 5.28. The van der Waals surface area contributed by atoms with E-state index in [4.69, 9.17) is 9.47 Å². The molecule has 1 fully saturated rings. The number of benzene rings is 1. The van der Waals surface area contributed by atoms with Crippen LogP contribution in [0.15, 0.2) is 24.3 Å². The first kappa shape index (κ1) is 19.2. The number of rotatable bonds is 9. The molecule has 2 rings (SSSR count). The zero-order valence-corrected chi connectivity index (χ0v) is 15.2. The average Bonchev–Trinajstić information content (AvgIpc) is 2.83. The molecule has 0 amide bonds. The van der Waals surface area contributed by atoms with Crippen molar-refractivity contribution in [1.29, 1.82) is 0 Å². The zero-order chi connectivity index (χ0) is 17.2. The first-order valence-corrected chi connectivity index (χ1v) is 9.36. The van der Waals surface area contributed by atoms with Crippen molar-refractivity contribution in [3.63, 3.8) is 0 Å². The fourth-order valence-electron chi connectivity index (χ4n) is 3.06. The van der Waals surface area contributed by atoms with Gasteiger partial charge in [-0.1, -0.05) is 38.8 Å². The maximum absolute atomic E-state index is 10.1. The normalized spacial score (nSPS) is 17.7. The lowest BCUT2D eigenvalue weighted by Crippen LogP contribution is -2.35. The van der Waals surface area contributed by atoms with E-state index in [0.717, 1.165) is 25.4 Å². The van der Waals surface area contributed by atoms with Crippen molar-refractivity contribution < 1.29 is 14.6 Å². The molecule has 1 saturated heterocycles. The highest BCUT2D eigenvalue weighted by atomic mass is 16.5. The van der Waals surface area contributed by atoms with Gasteiger partial charge < -0.3 is 19.5 Å². The Morgan fingerprint density at radius 2 is 1.67 bits per heavy atom. The third-order valence-corrected chi connectivity index (χ3v) is 4.52. The Bertz CT molecular complexity index is 439. The van der Waals surface area contributed by atoms with Crippen LogP contribution in [-0.4, -0.2) is 55.6 Å². The minimum atomic E-state index is -0.409. The highest BCUT2D eigenvalue weighted by Crippen LogP contribution is 2.18. The average molecular weight is 335 g/mol. The Balaban J connectivity index is 1.55. The van der Waals surface area contributed by atoms with Gasteiger partial charge in [0.05, 0.1) is 19.3 Å². The molecule has 1 aromatic rings. The van der Waals surface area contributed by atoms with Gasteiger partial charge in [-0.15, -0.1) is 0 Å². The third kappa shape index (κ3) is 7.20. The van der Waals surface area contributed by atoms with Gasteiger partial charge >= 0.3 is 0 Å². The van der Waals surface area contributed by atoms with E-state index in [1.54, 1.807) is 0 Å². The van der Waals surface area contributed by atoms with E-state index in [1.807, 2.05) is 12.1 Å². The number of aliphatic hydroxyl groups is 1. The summed E-state index contributed by atoms with van der Waals surface area (Å²) < 4.78 is 11.2. The number of nitrogens with zero attached hydrogens (tertiary/aromatic N) is 1. The SMILES string of the molecule is CC(C)c1ccc(OCCOC[C@H](O)CN2CCCCCC2)cc1. The van der Waals surface area contributed by atoms with Gasteiger partial charge in [-0.3, -0.25) is 0 Å². The number of aliphatic hydroxyl groups excluding tert-OH is 1. The summed E-state index contributed by atoms with van der Waals surface area (Å²) in [6.45, 7) is 8.69. The highest BCUT2D eigenvalue weighted by Gasteiger charge is 2.13. The van der Waals surface area contributed by atoms with Crippen LogP contribution in [0.1, 0.15) is 51.0 Å². The Hall–Kier alpha value is -1.10. The van der Waals surface area contributed by atoms with Crippen molar-refractivity contribution in [3.05, 3.63) is 29.8 Å². The number of hydrogen-bond acceptors (Lipinski definition) is 4. The number of β-amino-alcohol motifs (C(OH)–C–C–N with tert-alkyl or cyclic N) is 1. The summed E-state index contributed by atoms with van der Waals surface area (Å²) in [5.74, 6) is 1.40. The molecule has 1 aliphatic rings. The molecule has 1 aliphatic heterocycles. The van der Waals surface area contributed by atoms with Gasteiger partial charge in [0.1, 0.15) is 12.4 Å². The van der Waals surface area contributed by atoms with Crippen molar-refractivity contribution in [3.8, 4) is 5.75 Å². The molecule has 0 spiro atoms. The minimum Gasteiger partial charge on any atom is -0.491 e. The van der Waals surface area contributed by atoms with Crippen LogP contribution in [-0.2, 0) is 4.74 Å². The van der Waals surface area contributed by atoms with Gasteiger partial charge in [-0.25, -0.2) is 0 Å². The molecule has 0 unspecified atom stereocenters. The summed E-state index contributed by atoms with van der Waals surface area (Å²) in [5.41, 5.74) is 1.32. The van der Waals surface area contributed by atoms with E-state index in [2.05, 4.69) is 30.9 Å². The minimum absolute atomic E-state index is 0.381. The second kappa shape index (κ2) is 10.7. The third-order valence-electron chi connectivity index (χ3n) is 4.52. The monoisotopic (exact) mass is 335 g/mol. The quantitative estimate of drug-likeness (QED) is 0.702. The molecule has 4 heteroatoms. The molecule has 0 aliphatic carbocycles. The molecular weight excluding hydrogens is 302 g/mol. The predicted molar refractivity (Wildman–Crippen MR) is 97.8 cm³/mol. The van der Waals surface area contributed by atoms with Crippen molar-refractivity contribution in [2.24, 2.45) is 0 Å². The maximum Gasteiger partial charge on any atom is 0.119 e. The second-order valence-electron chi connectivity index (χ2n) is 7.02. The van der Waals surface area contributed by atoms with Crippen LogP contribution in [0.2, 0.25) is 0 Å². The molecule has 1 aromatic carbocycles. The second-order valence-corrected chi connectivity index (χ2v) is 7.02. The number of likely N-dealkylation sites (tertiary alicyclic amines) is 1. The summed E-state index contributed by atoms with van der Waals surface area (Å²) in [6, 6.07) is 8.21. The maximum atomic E-state index is 10.1. The Morgan fingerprint density at radius 3 is 2.29 bits per heavy atom. The Labute approximate surface area is 146 Å². The zero-order valence-electron chi connectivity index (χ0n) is 15.2. The lowest BCUT2D eigenvalue weighted by Gasteiger charge is -2.23. The van der Waals surface area contributed by atoms with E-state index in [1.165, 1.54) is 31.2 Å². The molecule has 1 N–H and O–H groups in total. The van der Waals surface area contributed by atoms with Crippen molar-refractivity contribution in [2.75, 3.05) is 39.5 Å². The molecule has 4 nitrogen and oxygen atoms in total. The first-order chi connectivity index (χ1) is 11.6. The van der Waals surface area contributed by atoms with Gasteiger partial charge in [-0.05, 0) is 49.5 Å². The van der Waals surface area contributed by atoms with Crippen LogP contribution < -0.4 is 4.74 Å². The summed E-state index contributed by atoms with van der Waals surface area (Å²) in [6.07, 6.45) is 4.72. The molecular formula is C20H33NO3. The number of hydrogen-bond donors (Lipinski definition) is 1. The van der Waals surface area contributed by atoms with E-state index >= 15 is 0 Å². The lowest BCUT2D eigenvalue weighted by atomic mass is 10.0. The smallest absolute Gasteiger partial charge is 0.119 e. The summed E-state index contributed by atoms with van der Waals surface area (Å²) in [7, 11) is 0. The summed E-state index contributed by atoms with van der Waals surface area (Å²) in [4.78, 5) is 2.35. The van der Waals surface area contributed by atoms with Gasteiger partial charge in [0.25, 0.3) is 0 Å². The molecule has 0 aromatic heterocycles. The largest absolute Gasteiger partial charge is 0.491 e. The Kier molecular flexibility index (Phi) is 8.57. The molecule has 24 heavy (non-hydrogen) atoms.